The lowest BCUT2D eigenvalue weighted by Gasteiger charge is -2.50. The monoisotopic (exact) mass is 274 g/mol. The van der Waals surface area contributed by atoms with E-state index < -0.39 is 0 Å². The fourth-order valence-corrected chi connectivity index (χ4v) is 3.17. The van der Waals surface area contributed by atoms with Crippen molar-refractivity contribution >= 4 is 0 Å². The van der Waals surface area contributed by atoms with Crippen LogP contribution in [0.1, 0.15) is 52.6 Å². The third kappa shape index (κ3) is 3.24. The van der Waals surface area contributed by atoms with Crippen LogP contribution in [0.2, 0.25) is 0 Å². The number of nitrogens with one attached hydrogen (secondary N) is 1. The molecule has 1 heterocycles. The first-order chi connectivity index (χ1) is 9.45. The SMILES string of the molecule is CCC(C)(C)N1CC(c2ccccc2)NCC1C(C)C. The summed E-state index contributed by atoms with van der Waals surface area (Å²) < 4.78 is 0. The molecule has 20 heavy (non-hydrogen) atoms. The van der Waals surface area contributed by atoms with Crippen LogP contribution in [0, 0.1) is 5.92 Å². The molecule has 1 aliphatic heterocycles. The average Bonchev–Trinajstić information content (AvgIpc) is 2.47. The van der Waals surface area contributed by atoms with Gasteiger partial charge in [-0.2, -0.15) is 0 Å². The van der Waals surface area contributed by atoms with Gasteiger partial charge in [0, 0.05) is 30.7 Å². The van der Waals surface area contributed by atoms with E-state index in [0.29, 0.717) is 18.0 Å². The highest BCUT2D eigenvalue weighted by Gasteiger charge is 2.37. The van der Waals surface area contributed by atoms with Crippen LogP contribution in [0.5, 0.6) is 0 Å². The third-order valence-electron chi connectivity index (χ3n) is 4.97. The molecular weight excluding hydrogens is 244 g/mol. The zero-order chi connectivity index (χ0) is 14.8. The Balaban J connectivity index is 2.20. The fraction of sp³-hybridized carbons (Fsp3) is 0.667. The molecule has 112 valence electrons. The lowest BCUT2D eigenvalue weighted by molar-refractivity contribution is 0.00750. The molecule has 0 amide bonds. The van der Waals surface area contributed by atoms with Crippen molar-refractivity contribution in [3.8, 4) is 0 Å². The van der Waals surface area contributed by atoms with E-state index in [0.717, 1.165) is 13.1 Å². The molecule has 0 bridgehead atoms. The van der Waals surface area contributed by atoms with Gasteiger partial charge in [-0.1, -0.05) is 51.1 Å². The molecule has 2 nitrogen and oxygen atoms in total. The summed E-state index contributed by atoms with van der Waals surface area (Å²) in [5, 5.41) is 3.75. The quantitative estimate of drug-likeness (QED) is 0.897. The van der Waals surface area contributed by atoms with Gasteiger partial charge in [0.2, 0.25) is 0 Å². The summed E-state index contributed by atoms with van der Waals surface area (Å²) in [5.41, 5.74) is 1.68. The van der Waals surface area contributed by atoms with E-state index in [-0.39, 0.29) is 5.54 Å². The van der Waals surface area contributed by atoms with Crippen molar-refractivity contribution in [2.75, 3.05) is 13.1 Å². The first kappa shape index (κ1) is 15.5. The number of nitrogens with zero attached hydrogens (tertiary/aromatic N) is 1. The first-order valence-electron chi connectivity index (χ1n) is 8.00. The molecule has 0 radical (unpaired) electrons. The van der Waals surface area contributed by atoms with E-state index in [1.165, 1.54) is 12.0 Å². The molecule has 1 fully saturated rings. The zero-order valence-corrected chi connectivity index (χ0v) is 13.7. The van der Waals surface area contributed by atoms with Crippen molar-refractivity contribution in [3.05, 3.63) is 35.9 Å². The van der Waals surface area contributed by atoms with Crippen molar-refractivity contribution in [2.24, 2.45) is 5.92 Å². The molecule has 1 aromatic rings. The van der Waals surface area contributed by atoms with E-state index in [1.807, 2.05) is 0 Å². The molecule has 1 saturated heterocycles. The van der Waals surface area contributed by atoms with Crippen molar-refractivity contribution < 1.29 is 0 Å². The normalized spacial score (nSPS) is 25.1. The molecule has 1 aromatic carbocycles. The minimum atomic E-state index is 0.268. The van der Waals surface area contributed by atoms with Crippen LogP contribution in [0.15, 0.2) is 30.3 Å². The Bertz CT molecular complexity index is 411. The van der Waals surface area contributed by atoms with E-state index in [2.05, 4.69) is 75.2 Å². The summed E-state index contributed by atoms with van der Waals surface area (Å²) in [7, 11) is 0. The maximum Gasteiger partial charge on any atom is 0.0450 e. The van der Waals surface area contributed by atoms with Crippen LogP contribution >= 0.6 is 0 Å². The average molecular weight is 274 g/mol. The van der Waals surface area contributed by atoms with E-state index >= 15 is 0 Å². The van der Waals surface area contributed by atoms with E-state index in [1.54, 1.807) is 0 Å². The zero-order valence-electron chi connectivity index (χ0n) is 13.7. The van der Waals surface area contributed by atoms with Crippen molar-refractivity contribution in [3.63, 3.8) is 0 Å². The second kappa shape index (κ2) is 6.28. The minimum Gasteiger partial charge on any atom is -0.307 e. The standard InChI is InChI=1S/C18H30N2/c1-6-18(4,5)20-13-16(15-10-8-7-9-11-15)19-12-17(20)14(2)3/h7-11,14,16-17,19H,6,12-13H2,1-5H3. The Kier molecular flexibility index (Phi) is 4.87. The summed E-state index contributed by atoms with van der Waals surface area (Å²) >= 11 is 0. The lowest BCUT2D eigenvalue weighted by atomic mass is 9.88. The second-order valence-electron chi connectivity index (χ2n) is 7.00. The van der Waals surface area contributed by atoms with Crippen molar-refractivity contribution in [2.45, 2.75) is 58.7 Å². The maximum atomic E-state index is 3.75. The smallest absolute Gasteiger partial charge is 0.0450 e. The Morgan fingerprint density at radius 1 is 1.25 bits per heavy atom. The van der Waals surface area contributed by atoms with Gasteiger partial charge >= 0.3 is 0 Å². The van der Waals surface area contributed by atoms with Crippen LogP contribution < -0.4 is 5.32 Å². The highest BCUT2D eigenvalue weighted by atomic mass is 15.3. The second-order valence-corrected chi connectivity index (χ2v) is 7.00. The van der Waals surface area contributed by atoms with Gasteiger partial charge in [0.15, 0.2) is 0 Å². The fourth-order valence-electron chi connectivity index (χ4n) is 3.17. The number of hydrogen-bond acceptors (Lipinski definition) is 2. The predicted octanol–water partition coefficient (Wildman–Crippen LogP) is 3.85. The van der Waals surface area contributed by atoms with Crippen molar-refractivity contribution in [1.82, 2.24) is 10.2 Å². The maximum absolute atomic E-state index is 3.75. The molecule has 0 aromatic heterocycles. The predicted molar refractivity (Wildman–Crippen MR) is 86.9 cm³/mol. The summed E-state index contributed by atoms with van der Waals surface area (Å²) in [6.07, 6.45) is 1.19. The molecule has 2 rings (SSSR count). The number of piperazine rings is 1. The van der Waals surface area contributed by atoms with Crippen LogP contribution in [0.3, 0.4) is 0 Å². The Morgan fingerprint density at radius 3 is 2.45 bits per heavy atom. The van der Waals surface area contributed by atoms with Gasteiger partial charge in [0.25, 0.3) is 0 Å². The van der Waals surface area contributed by atoms with Crippen molar-refractivity contribution in [1.29, 1.82) is 0 Å². The van der Waals surface area contributed by atoms with Gasteiger partial charge in [-0.05, 0) is 31.7 Å². The third-order valence-corrected chi connectivity index (χ3v) is 4.97. The summed E-state index contributed by atoms with van der Waals surface area (Å²) in [6, 6.07) is 11.9. The molecule has 1 aliphatic rings. The largest absolute Gasteiger partial charge is 0.307 e. The number of rotatable bonds is 4. The molecule has 1 N–H and O–H groups in total. The van der Waals surface area contributed by atoms with Crippen LogP contribution in [-0.4, -0.2) is 29.6 Å². The molecule has 0 spiro atoms. The van der Waals surface area contributed by atoms with E-state index in [9.17, 15) is 0 Å². The topological polar surface area (TPSA) is 15.3 Å². The molecule has 0 saturated carbocycles. The molecule has 2 unspecified atom stereocenters. The summed E-state index contributed by atoms with van der Waals surface area (Å²) in [5.74, 6) is 0.685. The Hall–Kier alpha value is -0.860. The summed E-state index contributed by atoms with van der Waals surface area (Å²) in [4.78, 5) is 2.73. The van der Waals surface area contributed by atoms with Gasteiger partial charge < -0.3 is 5.32 Å². The number of hydrogen-bond donors (Lipinski definition) is 1. The van der Waals surface area contributed by atoms with Crippen LogP contribution in [-0.2, 0) is 0 Å². The summed E-state index contributed by atoms with van der Waals surface area (Å²) in [6.45, 7) is 13.9. The van der Waals surface area contributed by atoms with Gasteiger partial charge in [0.05, 0.1) is 0 Å². The van der Waals surface area contributed by atoms with Gasteiger partial charge in [-0.25, -0.2) is 0 Å². The molecule has 2 atom stereocenters. The lowest BCUT2D eigenvalue weighted by Crippen LogP contribution is -2.61. The minimum absolute atomic E-state index is 0.268. The van der Waals surface area contributed by atoms with Gasteiger partial charge in [0.1, 0.15) is 0 Å². The molecular formula is C18H30N2. The Morgan fingerprint density at radius 2 is 1.90 bits per heavy atom. The van der Waals surface area contributed by atoms with Gasteiger partial charge in [-0.3, -0.25) is 4.90 Å². The number of benzene rings is 1. The van der Waals surface area contributed by atoms with Crippen LogP contribution in [0.4, 0.5) is 0 Å². The van der Waals surface area contributed by atoms with Crippen LogP contribution in [0.25, 0.3) is 0 Å². The van der Waals surface area contributed by atoms with E-state index in [4.69, 9.17) is 0 Å². The highest BCUT2D eigenvalue weighted by molar-refractivity contribution is 5.20. The Labute approximate surface area is 124 Å². The molecule has 2 heteroatoms. The molecule has 0 aliphatic carbocycles. The van der Waals surface area contributed by atoms with Gasteiger partial charge in [-0.15, -0.1) is 0 Å². The first-order valence-corrected chi connectivity index (χ1v) is 8.00. The highest BCUT2D eigenvalue weighted by Crippen LogP contribution is 2.31.